The molecule has 0 aromatic heterocycles. The number of benzene rings is 2. The van der Waals surface area contributed by atoms with Crippen molar-refractivity contribution in [2.24, 2.45) is 0 Å². The molecule has 21 heavy (non-hydrogen) atoms. The van der Waals surface area contributed by atoms with E-state index in [4.69, 9.17) is 0 Å². The van der Waals surface area contributed by atoms with Crippen LogP contribution in [0.25, 0.3) is 0 Å². The maximum absolute atomic E-state index is 12.5. The Labute approximate surface area is 125 Å². The summed E-state index contributed by atoms with van der Waals surface area (Å²) in [6, 6.07) is 10.9. The van der Waals surface area contributed by atoms with Crippen LogP contribution in [-0.4, -0.2) is 15.0 Å². The average Bonchev–Trinajstić information content (AvgIpc) is 2.89. The van der Waals surface area contributed by atoms with E-state index in [1.807, 2.05) is 32.0 Å². The minimum Gasteiger partial charge on any atom is -0.384 e. The zero-order valence-corrected chi connectivity index (χ0v) is 12.9. The van der Waals surface area contributed by atoms with E-state index in [2.05, 4.69) is 10.0 Å². The van der Waals surface area contributed by atoms with Gasteiger partial charge in [-0.3, -0.25) is 4.72 Å². The molecule has 5 heteroatoms. The van der Waals surface area contributed by atoms with Gasteiger partial charge in [0, 0.05) is 12.2 Å². The van der Waals surface area contributed by atoms with E-state index in [0.717, 1.165) is 35.3 Å². The molecular weight excluding hydrogens is 284 g/mol. The number of anilines is 2. The molecule has 0 fully saturated rings. The highest BCUT2D eigenvalue weighted by Gasteiger charge is 2.18. The predicted octanol–water partition coefficient (Wildman–Crippen LogP) is 3.07. The molecule has 0 amide bonds. The fraction of sp³-hybridized carbons (Fsp3) is 0.250. The maximum Gasteiger partial charge on any atom is 0.261 e. The van der Waals surface area contributed by atoms with Crippen molar-refractivity contribution in [3.8, 4) is 0 Å². The van der Waals surface area contributed by atoms with Gasteiger partial charge in [0.1, 0.15) is 0 Å². The third kappa shape index (κ3) is 2.74. The SMILES string of the molecule is Cc1ccc(NS(=O)(=O)c2ccc3c(c2)CCN3)c(C)c1. The van der Waals surface area contributed by atoms with Crippen molar-refractivity contribution < 1.29 is 8.42 Å². The lowest BCUT2D eigenvalue weighted by Gasteiger charge is -2.12. The molecule has 0 atom stereocenters. The number of nitrogens with one attached hydrogen (secondary N) is 2. The van der Waals surface area contributed by atoms with Gasteiger partial charge in [0.25, 0.3) is 10.0 Å². The Bertz CT molecular complexity index is 798. The normalized spacial score (nSPS) is 13.6. The van der Waals surface area contributed by atoms with Gasteiger partial charge < -0.3 is 5.32 Å². The minimum absolute atomic E-state index is 0.310. The monoisotopic (exact) mass is 302 g/mol. The van der Waals surface area contributed by atoms with E-state index in [-0.39, 0.29) is 0 Å². The quantitative estimate of drug-likeness (QED) is 0.916. The molecule has 110 valence electrons. The van der Waals surface area contributed by atoms with Gasteiger partial charge in [0.2, 0.25) is 0 Å². The van der Waals surface area contributed by atoms with Gasteiger partial charge in [-0.25, -0.2) is 8.42 Å². The summed E-state index contributed by atoms with van der Waals surface area (Å²) in [7, 11) is -3.55. The van der Waals surface area contributed by atoms with Gasteiger partial charge in [-0.2, -0.15) is 0 Å². The Morgan fingerprint density at radius 2 is 1.90 bits per heavy atom. The van der Waals surface area contributed by atoms with Crippen LogP contribution in [0.2, 0.25) is 0 Å². The van der Waals surface area contributed by atoms with E-state index in [1.165, 1.54) is 0 Å². The van der Waals surface area contributed by atoms with Crippen LogP contribution in [-0.2, 0) is 16.4 Å². The van der Waals surface area contributed by atoms with Crippen LogP contribution in [0.1, 0.15) is 16.7 Å². The average molecular weight is 302 g/mol. The molecule has 4 nitrogen and oxygen atoms in total. The first-order chi connectivity index (χ1) is 9.95. The molecule has 0 spiro atoms. The van der Waals surface area contributed by atoms with Gasteiger partial charge >= 0.3 is 0 Å². The molecule has 2 aromatic carbocycles. The standard InChI is InChI=1S/C16H18N2O2S/c1-11-3-5-15(12(2)9-11)18-21(19,20)14-4-6-16-13(10-14)7-8-17-16/h3-6,9-10,17-18H,7-8H2,1-2H3. The van der Waals surface area contributed by atoms with Crippen LogP contribution >= 0.6 is 0 Å². The number of hydrogen-bond acceptors (Lipinski definition) is 3. The third-order valence-electron chi connectivity index (χ3n) is 3.72. The van der Waals surface area contributed by atoms with E-state index in [9.17, 15) is 8.42 Å². The minimum atomic E-state index is -3.55. The first kappa shape index (κ1) is 13.9. The second kappa shape index (κ2) is 5.07. The topological polar surface area (TPSA) is 58.2 Å². The van der Waals surface area contributed by atoms with Gasteiger partial charge in [0.15, 0.2) is 0 Å². The van der Waals surface area contributed by atoms with Crippen LogP contribution in [0.3, 0.4) is 0 Å². The Kier molecular flexibility index (Phi) is 3.37. The number of fused-ring (bicyclic) bond motifs is 1. The molecule has 3 rings (SSSR count). The predicted molar refractivity (Wildman–Crippen MR) is 85.4 cm³/mol. The van der Waals surface area contributed by atoms with Gasteiger partial charge in [-0.1, -0.05) is 17.7 Å². The molecule has 0 aliphatic carbocycles. The van der Waals surface area contributed by atoms with E-state index in [0.29, 0.717) is 10.6 Å². The summed E-state index contributed by atoms with van der Waals surface area (Å²) in [5.41, 5.74) is 4.73. The molecule has 0 bridgehead atoms. The Morgan fingerprint density at radius 1 is 1.10 bits per heavy atom. The van der Waals surface area contributed by atoms with Gasteiger partial charge in [0.05, 0.1) is 10.6 Å². The van der Waals surface area contributed by atoms with Crippen LogP contribution in [0.5, 0.6) is 0 Å². The molecule has 0 radical (unpaired) electrons. The molecule has 0 unspecified atom stereocenters. The first-order valence-corrected chi connectivity index (χ1v) is 8.41. The fourth-order valence-corrected chi connectivity index (χ4v) is 3.76. The molecule has 1 aliphatic rings. The summed E-state index contributed by atoms with van der Waals surface area (Å²) in [6.45, 7) is 4.75. The summed E-state index contributed by atoms with van der Waals surface area (Å²) in [5.74, 6) is 0. The Balaban J connectivity index is 1.93. The first-order valence-electron chi connectivity index (χ1n) is 6.92. The summed E-state index contributed by atoms with van der Waals surface area (Å²) in [6.07, 6.45) is 0.863. The summed E-state index contributed by atoms with van der Waals surface area (Å²) in [4.78, 5) is 0.310. The van der Waals surface area contributed by atoms with E-state index >= 15 is 0 Å². The fourth-order valence-electron chi connectivity index (χ4n) is 2.58. The lowest BCUT2D eigenvalue weighted by molar-refractivity contribution is 0.601. The van der Waals surface area contributed by atoms with Crippen molar-refractivity contribution in [3.63, 3.8) is 0 Å². The summed E-state index contributed by atoms with van der Waals surface area (Å²) >= 11 is 0. The number of hydrogen-bond donors (Lipinski definition) is 2. The third-order valence-corrected chi connectivity index (χ3v) is 5.09. The van der Waals surface area contributed by atoms with Crippen molar-refractivity contribution in [2.45, 2.75) is 25.2 Å². The molecule has 2 aromatic rings. The van der Waals surface area contributed by atoms with Crippen molar-refractivity contribution in [3.05, 3.63) is 53.1 Å². The highest BCUT2D eigenvalue weighted by molar-refractivity contribution is 7.92. The Morgan fingerprint density at radius 3 is 2.67 bits per heavy atom. The van der Waals surface area contributed by atoms with Gasteiger partial charge in [-0.15, -0.1) is 0 Å². The molecular formula is C16H18N2O2S. The van der Waals surface area contributed by atoms with Crippen molar-refractivity contribution >= 4 is 21.4 Å². The maximum atomic E-state index is 12.5. The summed E-state index contributed by atoms with van der Waals surface area (Å²) in [5, 5.41) is 3.23. The highest BCUT2D eigenvalue weighted by Crippen LogP contribution is 2.27. The van der Waals surface area contributed by atoms with Crippen molar-refractivity contribution in [1.29, 1.82) is 0 Å². The molecule has 0 saturated heterocycles. The van der Waals surface area contributed by atoms with Crippen LogP contribution in [0.4, 0.5) is 11.4 Å². The lowest BCUT2D eigenvalue weighted by Crippen LogP contribution is -2.14. The molecule has 1 heterocycles. The molecule has 0 saturated carbocycles. The number of aryl methyl sites for hydroxylation is 2. The lowest BCUT2D eigenvalue weighted by atomic mass is 10.1. The van der Waals surface area contributed by atoms with Crippen LogP contribution < -0.4 is 10.0 Å². The number of sulfonamides is 1. The zero-order chi connectivity index (χ0) is 15.0. The van der Waals surface area contributed by atoms with Crippen LogP contribution in [0.15, 0.2) is 41.3 Å². The van der Waals surface area contributed by atoms with E-state index < -0.39 is 10.0 Å². The number of rotatable bonds is 3. The molecule has 1 aliphatic heterocycles. The van der Waals surface area contributed by atoms with Gasteiger partial charge in [-0.05, 0) is 55.7 Å². The van der Waals surface area contributed by atoms with Crippen molar-refractivity contribution in [1.82, 2.24) is 0 Å². The Hall–Kier alpha value is -2.01. The molecule has 2 N–H and O–H groups in total. The van der Waals surface area contributed by atoms with Crippen molar-refractivity contribution in [2.75, 3.05) is 16.6 Å². The largest absolute Gasteiger partial charge is 0.384 e. The second-order valence-corrected chi connectivity index (χ2v) is 7.10. The summed E-state index contributed by atoms with van der Waals surface area (Å²) < 4.78 is 27.7. The van der Waals surface area contributed by atoms with Crippen LogP contribution in [0, 0.1) is 13.8 Å². The zero-order valence-electron chi connectivity index (χ0n) is 12.1. The van der Waals surface area contributed by atoms with E-state index in [1.54, 1.807) is 18.2 Å². The smallest absolute Gasteiger partial charge is 0.261 e. The second-order valence-electron chi connectivity index (χ2n) is 5.42. The highest BCUT2D eigenvalue weighted by atomic mass is 32.2.